The molecule has 10 nitrogen and oxygen atoms in total. The molecule has 0 bridgehead atoms. The SMILES string of the molecule is O=C(Nc1nc(C2CC2)ns1)N[C@@H]1COC[C@@H]1n1ccnc1.O=C(O)C(F)(F)F. The maximum absolute atomic E-state index is 12.1. The Morgan fingerprint density at radius 2 is 2.03 bits per heavy atom. The summed E-state index contributed by atoms with van der Waals surface area (Å²) in [5.41, 5.74) is 0. The number of carboxylic acid groups (broad SMARTS) is 1. The number of aliphatic carboxylic acids is 1. The summed E-state index contributed by atoms with van der Waals surface area (Å²) in [4.78, 5) is 29.4. The number of amides is 2. The van der Waals surface area contributed by atoms with Gasteiger partial charge in [-0.3, -0.25) is 5.32 Å². The van der Waals surface area contributed by atoms with E-state index in [0.717, 1.165) is 18.7 Å². The van der Waals surface area contributed by atoms with Gasteiger partial charge in [-0.25, -0.2) is 19.6 Å². The van der Waals surface area contributed by atoms with E-state index in [0.29, 0.717) is 24.3 Å². The van der Waals surface area contributed by atoms with Gasteiger partial charge in [-0.1, -0.05) is 0 Å². The average molecular weight is 434 g/mol. The Labute approximate surface area is 166 Å². The van der Waals surface area contributed by atoms with Crippen LogP contribution in [0.4, 0.5) is 23.1 Å². The zero-order valence-corrected chi connectivity index (χ0v) is 15.6. The normalized spacial score (nSPS) is 21.2. The van der Waals surface area contributed by atoms with Crippen molar-refractivity contribution < 1.29 is 32.6 Å². The number of aromatic nitrogens is 4. The summed E-state index contributed by atoms with van der Waals surface area (Å²) in [5.74, 6) is -1.42. The van der Waals surface area contributed by atoms with Gasteiger partial charge in [-0.05, 0) is 12.8 Å². The Morgan fingerprint density at radius 3 is 2.62 bits per heavy atom. The number of imidazole rings is 1. The van der Waals surface area contributed by atoms with E-state index in [1.807, 2.05) is 10.8 Å². The second-order valence-electron chi connectivity index (χ2n) is 6.35. The Kier molecular flexibility index (Phi) is 6.32. The minimum absolute atomic E-state index is 0.0599. The van der Waals surface area contributed by atoms with Crippen LogP contribution in [0, 0.1) is 0 Å². The van der Waals surface area contributed by atoms with Gasteiger partial charge in [0.2, 0.25) is 5.13 Å². The molecule has 4 rings (SSSR count). The second-order valence-corrected chi connectivity index (χ2v) is 7.11. The third kappa shape index (κ3) is 5.87. The molecule has 1 aliphatic carbocycles. The number of carbonyl (C=O) groups excluding carboxylic acids is 1. The van der Waals surface area contributed by atoms with Gasteiger partial charge < -0.3 is 19.7 Å². The van der Waals surface area contributed by atoms with E-state index in [9.17, 15) is 18.0 Å². The lowest BCUT2D eigenvalue weighted by Gasteiger charge is -2.19. The molecular weight excluding hydrogens is 417 g/mol. The van der Waals surface area contributed by atoms with Crippen molar-refractivity contribution in [2.45, 2.75) is 37.0 Å². The predicted molar refractivity (Wildman–Crippen MR) is 93.6 cm³/mol. The number of rotatable bonds is 4. The van der Waals surface area contributed by atoms with E-state index >= 15 is 0 Å². The lowest BCUT2D eigenvalue weighted by atomic mass is 10.2. The van der Waals surface area contributed by atoms with Crippen molar-refractivity contribution in [3.05, 3.63) is 24.5 Å². The lowest BCUT2D eigenvalue weighted by molar-refractivity contribution is -0.192. The molecule has 2 amide bonds. The number of carboxylic acids is 1. The van der Waals surface area contributed by atoms with Crippen LogP contribution < -0.4 is 10.6 Å². The van der Waals surface area contributed by atoms with E-state index in [4.69, 9.17) is 14.6 Å². The molecule has 2 aromatic heterocycles. The van der Waals surface area contributed by atoms with Crippen LogP contribution in [0.15, 0.2) is 18.7 Å². The van der Waals surface area contributed by atoms with E-state index < -0.39 is 12.1 Å². The van der Waals surface area contributed by atoms with Crippen LogP contribution in [0.1, 0.15) is 30.6 Å². The Hall–Kier alpha value is -2.74. The Bertz CT molecular complexity index is 839. The molecule has 1 aliphatic heterocycles. The van der Waals surface area contributed by atoms with Crippen LogP contribution in [0.25, 0.3) is 0 Å². The van der Waals surface area contributed by atoms with E-state index in [1.54, 1.807) is 12.5 Å². The molecule has 0 aromatic carbocycles. The highest BCUT2D eigenvalue weighted by atomic mass is 32.1. The molecule has 2 aromatic rings. The third-order valence-corrected chi connectivity index (χ3v) is 4.77. The van der Waals surface area contributed by atoms with Gasteiger partial charge in [0.15, 0.2) is 0 Å². The van der Waals surface area contributed by atoms with Crippen LogP contribution in [0.5, 0.6) is 0 Å². The number of hydrogen-bond donors (Lipinski definition) is 3. The molecule has 14 heteroatoms. The fourth-order valence-corrected chi connectivity index (χ4v) is 3.18. The van der Waals surface area contributed by atoms with Crippen molar-refractivity contribution in [1.82, 2.24) is 24.2 Å². The first-order chi connectivity index (χ1) is 13.7. The number of anilines is 1. The molecule has 0 unspecified atom stereocenters. The summed E-state index contributed by atoms with van der Waals surface area (Å²) in [7, 11) is 0. The van der Waals surface area contributed by atoms with Crippen LogP contribution in [-0.4, -0.2) is 61.4 Å². The summed E-state index contributed by atoms with van der Waals surface area (Å²) in [5, 5.41) is 13.4. The molecule has 1 saturated carbocycles. The van der Waals surface area contributed by atoms with Crippen LogP contribution >= 0.6 is 11.5 Å². The van der Waals surface area contributed by atoms with Crippen molar-refractivity contribution in [3.8, 4) is 0 Å². The standard InChI is InChI=1S/C13H16N6O2S.C2HF3O2/c20-12(17-13-16-11(18-22-13)8-1-2-8)15-9-5-21-6-10(9)19-4-3-14-7-19;3-2(4,5)1(6)7/h3-4,7-10H,1-2,5-6H2,(H2,15,16,17,18,20);(H,6,7)/t9-,10+;/m1./s1. The molecular formula is C15H17F3N6O4S. The van der Waals surface area contributed by atoms with Crippen molar-refractivity contribution in [2.75, 3.05) is 18.5 Å². The molecule has 0 spiro atoms. The number of urea groups is 1. The highest BCUT2D eigenvalue weighted by Crippen LogP contribution is 2.39. The van der Waals surface area contributed by atoms with Gasteiger partial charge in [0.05, 0.1) is 31.6 Å². The van der Waals surface area contributed by atoms with Crippen molar-refractivity contribution in [2.24, 2.45) is 0 Å². The zero-order valence-electron chi connectivity index (χ0n) is 14.8. The minimum atomic E-state index is -5.08. The van der Waals surface area contributed by atoms with Crippen molar-refractivity contribution in [1.29, 1.82) is 0 Å². The first-order valence-corrected chi connectivity index (χ1v) is 9.28. The molecule has 3 heterocycles. The van der Waals surface area contributed by atoms with Gasteiger partial charge in [-0.15, -0.1) is 0 Å². The quantitative estimate of drug-likeness (QED) is 0.671. The first-order valence-electron chi connectivity index (χ1n) is 8.50. The number of alkyl halides is 3. The molecule has 2 aliphatic rings. The third-order valence-electron chi connectivity index (χ3n) is 4.12. The van der Waals surface area contributed by atoms with Crippen LogP contribution in [0.2, 0.25) is 0 Å². The molecule has 0 radical (unpaired) electrons. The second kappa shape index (κ2) is 8.73. The predicted octanol–water partition coefficient (Wildman–Crippen LogP) is 2.01. The lowest BCUT2D eigenvalue weighted by Crippen LogP contribution is -2.42. The van der Waals surface area contributed by atoms with E-state index in [-0.39, 0.29) is 18.1 Å². The average Bonchev–Trinajstić information content (AvgIpc) is 3.03. The monoisotopic (exact) mass is 434 g/mol. The number of carbonyl (C=O) groups is 2. The van der Waals surface area contributed by atoms with E-state index in [1.165, 1.54) is 11.5 Å². The molecule has 3 N–H and O–H groups in total. The molecule has 2 atom stereocenters. The van der Waals surface area contributed by atoms with Crippen LogP contribution in [-0.2, 0) is 9.53 Å². The van der Waals surface area contributed by atoms with Gasteiger partial charge in [0.25, 0.3) is 0 Å². The van der Waals surface area contributed by atoms with Gasteiger partial charge in [0.1, 0.15) is 5.82 Å². The fraction of sp³-hybridized carbons (Fsp3) is 0.533. The van der Waals surface area contributed by atoms with Gasteiger partial charge in [-0.2, -0.15) is 17.5 Å². The minimum Gasteiger partial charge on any atom is -0.475 e. The number of ether oxygens (including phenoxy) is 1. The molecule has 29 heavy (non-hydrogen) atoms. The molecule has 1 saturated heterocycles. The highest BCUT2D eigenvalue weighted by molar-refractivity contribution is 7.09. The highest BCUT2D eigenvalue weighted by Gasteiger charge is 2.38. The first kappa shape index (κ1) is 21.0. The van der Waals surface area contributed by atoms with Crippen molar-refractivity contribution >= 4 is 28.7 Å². The smallest absolute Gasteiger partial charge is 0.475 e. The fourth-order valence-electron chi connectivity index (χ4n) is 2.53. The topological polar surface area (TPSA) is 131 Å². The number of halogens is 3. The largest absolute Gasteiger partial charge is 0.490 e. The Morgan fingerprint density at radius 1 is 1.31 bits per heavy atom. The van der Waals surface area contributed by atoms with E-state index in [2.05, 4.69) is 25.0 Å². The summed E-state index contributed by atoms with van der Waals surface area (Å²) in [6.07, 6.45) is 2.54. The summed E-state index contributed by atoms with van der Waals surface area (Å²) in [6.45, 7) is 1.05. The zero-order chi connectivity index (χ0) is 21.0. The maximum Gasteiger partial charge on any atom is 0.490 e. The number of nitrogens with zero attached hydrogens (tertiary/aromatic N) is 4. The summed E-state index contributed by atoms with van der Waals surface area (Å²) in [6, 6.07) is -0.311. The Balaban J connectivity index is 0.000000298. The number of nitrogens with one attached hydrogen (secondary N) is 2. The van der Waals surface area contributed by atoms with Crippen LogP contribution in [0.3, 0.4) is 0 Å². The van der Waals surface area contributed by atoms with Gasteiger partial charge in [0, 0.05) is 29.8 Å². The van der Waals surface area contributed by atoms with Gasteiger partial charge >= 0.3 is 18.2 Å². The van der Waals surface area contributed by atoms with Crippen molar-refractivity contribution in [3.63, 3.8) is 0 Å². The number of hydrogen-bond acceptors (Lipinski definition) is 7. The summed E-state index contributed by atoms with van der Waals surface area (Å²) >= 11 is 1.22. The maximum atomic E-state index is 12.1. The molecule has 2 fully saturated rings. The molecule has 158 valence electrons. The summed E-state index contributed by atoms with van der Waals surface area (Å²) < 4.78 is 43.4.